The van der Waals surface area contributed by atoms with E-state index in [-0.39, 0.29) is 18.1 Å². The highest BCUT2D eigenvalue weighted by Gasteiger charge is 2.16. The van der Waals surface area contributed by atoms with Crippen molar-refractivity contribution in [2.75, 3.05) is 13.6 Å². The predicted molar refractivity (Wildman–Crippen MR) is 108 cm³/mol. The second kappa shape index (κ2) is 8.35. The van der Waals surface area contributed by atoms with Crippen molar-refractivity contribution in [3.05, 3.63) is 76.2 Å². The molecular weight excluding hydrogens is 338 g/mol. The number of pyridine rings is 1. The van der Waals surface area contributed by atoms with Gasteiger partial charge in [-0.2, -0.15) is 0 Å². The number of aromatic nitrogens is 1. The SMILES string of the molecule is CNC(C)c1cc2cccc(C#CCNC=O)c2c(=O)n1-c1ccccc1. The minimum absolute atomic E-state index is 0.00571. The molecule has 1 unspecified atom stereocenters. The molecule has 2 aromatic carbocycles. The van der Waals surface area contributed by atoms with Gasteiger partial charge in [-0.05, 0) is 43.6 Å². The van der Waals surface area contributed by atoms with Gasteiger partial charge in [-0.15, -0.1) is 0 Å². The fourth-order valence-corrected chi connectivity index (χ4v) is 3.03. The monoisotopic (exact) mass is 359 g/mol. The largest absolute Gasteiger partial charge is 0.348 e. The minimum Gasteiger partial charge on any atom is -0.348 e. The van der Waals surface area contributed by atoms with Gasteiger partial charge in [0.05, 0.1) is 11.9 Å². The molecule has 136 valence electrons. The van der Waals surface area contributed by atoms with Crippen molar-refractivity contribution in [1.29, 1.82) is 0 Å². The molecule has 1 heterocycles. The van der Waals surface area contributed by atoms with Crippen LogP contribution in [0.5, 0.6) is 0 Å². The van der Waals surface area contributed by atoms with Crippen molar-refractivity contribution >= 4 is 17.2 Å². The summed E-state index contributed by atoms with van der Waals surface area (Å²) in [6.07, 6.45) is 0.603. The molecule has 1 amide bonds. The van der Waals surface area contributed by atoms with E-state index in [4.69, 9.17) is 0 Å². The Kier molecular flexibility index (Phi) is 5.70. The quantitative estimate of drug-likeness (QED) is 0.418. The van der Waals surface area contributed by atoms with E-state index in [9.17, 15) is 9.59 Å². The average molecular weight is 359 g/mol. The summed E-state index contributed by atoms with van der Waals surface area (Å²) >= 11 is 0. The first-order valence-corrected chi connectivity index (χ1v) is 8.74. The summed E-state index contributed by atoms with van der Waals surface area (Å²) in [5, 5.41) is 7.14. The molecule has 1 atom stereocenters. The van der Waals surface area contributed by atoms with Gasteiger partial charge in [0.1, 0.15) is 0 Å². The standard InChI is InChI=1S/C22H21N3O2/c1-16(23-2)20-14-18-9-6-8-17(10-7-13-24-15-26)21(18)22(27)25(20)19-11-4-3-5-12-19/h3-6,8-9,11-12,14-16,23H,13H2,1-2H3,(H,24,26). The van der Waals surface area contributed by atoms with Gasteiger partial charge in [0, 0.05) is 23.0 Å². The van der Waals surface area contributed by atoms with Crippen LogP contribution in [0, 0.1) is 11.8 Å². The molecule has 0 radical (unpaired) electrons. The number of carbonyl (C=O) groups excluding carboxylic acids is 1. The molecule has 1 aromatic heterocycles. The zero-order valence-corrected chi connectivity index (χ0v) is 15.3. The molecule has 5 heteroatoms. The maximum atomic E-state index is 13.5. The van der Waals surface area contributed by atoms with E-state index in [1.165, 1.54) is 0 Å². The first-order valence-electron chi connectivity index (χ1n) is 8.74. The third-order valence-corrected chi connectivity index (χ3v) is 4.46. The van der Waals surface area contributed by atoms with Gasteiger partial charge in [0.25, 0.3) is 5.56 Å². The van der Waals surface area contributed by atoms with Crippen molar-refractivity contribution in [3.63, 3.8) is 0 Å². The van der Waals surface area contributed by atoms with Crippen molar-refractivity contribution in [1.82, 2.24) is 15.2 Å². The number of rotatable bonds is 5. The third-order valence-electron chi connectivity index (χ3n) is 4.46. The lowest BCUT2D eigenvalue weighted by atomic mass is 10.0. The summed E-state index contributed by atoms with van der Waals surface area (Å²) < 4.78 is 1.73. The van der Waals surface area contributed by atoms with Crippen molar-refractivity contribution in [2.45, 2.75) is 13.0 Å². The van der Waals surface area contributed by atoms with E-state index < -0.39 is 0 Å². The number of hydrogen-bond acceptors (Lipinski definition) is 3. The van der Waals surface area contributed by atoms with Crippen LogP contribution in [0.2, 0.25) is 0 Å². The summed E-state index contributed by atoms with van der Waals surface area (Å²) in [6, 6.07) is 17.2. The Labute approximate surface area is 158 Å². The molecule has 0 spiro atoms. The Morgan fingerprint density at radius 3 is 2.63 bits per heavy atom. The van der Waals surface area contributed by atoms with Crippen molar-refractivity contribution in [3.8, 4) is 17.5 Å². The summed E-state index contributed by atoms with van der Waals surface area (Å²) in [6.45, 7) is 2.26. The van der Waals surface area contributed by atoms with Crippen LogP contribution in [0.1, 0.15) is 24.2 Å². The molecule has 3 rings (SSSR count). The zero-order valence-electron chi connectivity index (χ0n) is 15.3. The molecule has 0 bridgehead atoms. The molecule has 0 aliphatic carbocycles. The van der Waals surface area contributed by atoms with Gasteiger partial charge in [0.2, 0.25) is 6.41 Å². The van der Waals surface area contributed by atoms with Crippen LogP contribution < -0.4 is 16.2 Å². The van der Waals surface area contributed by atoms with Crippen LogP contribution in [-0.2, 0) is 4.79 Å². The maximum Gasteiger partial charge on any atom is 0.264 e. The zero-order chi connectivity index (χ0) is 19.2. The lowest BCUT2D eigenvalue weighted by Gasteiger charge is -2.19. The Morgan fingerprint density at radius 1 is 1.15 bits per heavy atom. The fraction of sp³-hybridized carbons (Fsp3) is 0.182. The van der Waals surface area contributed by atoms with Gasteiger partial charge in [-0.3, -0.25) is 14.2 Å². The highest BCUT2D eigenvalue weighted by molar-refractivity contribution is 5.88. The van der Waals surface area contributed by atoms with Crippen molar-refractivity contribution in [2.24, 2.45) is 0 Å². The smallest absolute Gasteiger partial charge is 0.264 e. The molecule has 0 saturated carbocycles. The minimum atomic E-state index is -0.107. The van der Waals surface area contributed by atoms with Gasteiger partial charge >= 0.3 is 0 Å². The lowest BCUT2D eigenvalue weighted by molar-refractivity contribution is -0.109. The summed E-state index contributed by atoms with van der Waals surface area (Å²) in [5.41, 5.74) is 2.24. The number of fused-ring (bicyclic) bond motifs is 1. The number of nitrogens with one attached hydrogen (secondary N) is 2. The second-order valence-electron chi connectivity index (χ2n) is 6.13. The van der Waals surface area contributed by atoms with Gasteiger partial charge in [-0.1, -0.05) is 42.2 Å². The Hall–Kier alpha value is -3.36. The normalized spacial score (nSPS) is 11.5. The van der Waals surface area contributed by atoms with Crippen LogP contribution in [0.15, 0.2) is 59.4 Å². The van der Waals surface area contributed by atoms with Crippen molar-refractivity contribution < 1.29 is 4.79 Å². The molecule has 0 saturated heterocycles. The molecule has 0 aliphatic rings. The second-order valence-corrected chi connectivity index (χ2v) is 6.13. The molecule has 0 aliphatic heterocycles. The summed E-state index contributed by atoms with van der Waals surface area (Å²) in [4.78, 5) is 23.9. The van der Waals surface area contributed by atoms with Crippen LogP contribution in [0.25, 0.3) is 16.5 Å². The molecule has 5 nitrogen and oxygen atoms in total. The highest BCUT2D eigenvalue weighted by atomic mass is 16.1. The van der Waals surface area contributed by atoms with E-state index in [1.807, 2.05) is 68.6 Å². The average Bonchev–Trinajstić information content (AvgIpc) is 2.71. The Morgan fingerprint density at radius 2 is 1.93 bits per heavy atom. The highest BCUT2D eigenvalue weighted by Crippen LogP contribution is 2.22. The molecule has 27 heavy (non-hydrogen) atoms. The summed E-state index contributed by atoms with van der Waals surface area (Å²) in [5.74, 6) is 5.88. The predicted octanol–water partition coefficient (Wildman–Crippen LogP) is 2.37. The van der Waals surface area contributed by atoms with Gasteiger partial charge in [-0.25, -0.2) is 0 Å². The topological polar surface area (TPSA) is 63.1 Å². The number of para-hydroxylation sites is 1. The Balaban J connectivity index is 2.30. The third kappa shape index (κ3) is 3.76. The van der Waals surface area contributed by atoms with Crippen LogP contribution in [-0.4, -0.2) is 24.6 Å². The van der Waals surface area contributed by atoms with Gasteiger partial charge in [0.15, 0.2) is 0 Å². The maximum absolute atomic E-state index is 13.5. The molecule has 3 aromatic rings. The van der Waals surface area contributed by atoms with Crippen LogP contribution in [0.4, 0.5) is 0 Å². The number of hydrogen-bond donors (Lipinski definition) is 2. The number of carbonyl (C=O) groups is 1. The first-order chi connectivity index (χ1) is 13.2. The van der Waals surface area contributed by atoms with E-state index in [0.29, 0.717) is 17.4 Å². The molecule has 2 N–H and O–H groups in total. The molecule has 0 fully saturated rings. The lowest BCUT2D eigenvalue weighted by Crippen LogP contribution is -2.27. The number of benzene rings is 2. The van der Waals surface area contributed by atoms with Crippen LogP contribution >= 0.6 is 0 Å². The number of amides is 1. The van der Waals surface area contributed by atoms with E-state index in [0.717, 1.165) is 16.8 Å². The van der Waals surface area contributed by atoms with E-state index >= 15 is 0 Å². The number of nitrogens with zero attached hydrogens (tertiary/aromatic N) is 1. The molecular formula is C22H21N3O2. The summed E-state index contributed by atoms with van der Waals surface area (Å²) in [7, 11) is 1.87. The van der Waals surface area contributed by atoms with E-state index in [2.05, 4.69) is 22.5 Å². The van der Waals surface area contributed by atoms with E-state index in [1.54, 1.807) is 4.57 Å². The van der Waals surface area contributed by atoms with Gasteiger partial charge < -0.3 is 10.6 Å². The fourth-order valence-electron chi connectivity index (χ4n) is 3.03. The first kappa shape index (κ1) is 18.4. The van der Waals surface area contributed by atoms with Crippen LogP contribution in [0.3, 0.4) is 0 Å². The Bertz CT molecular complexity index is 1080.